The minimum Gasteiger partial charge on any atom is -0.341 e. The van der Waals surface area contributed by atoms with Gasteiger partial charge in [0.25, 0.3) is 5.91 Å². The van der Waals surface area contributed by atoms with E-state index in [0.717, 1.165) is 17.8 Å². The number of fused-ring (bicyclic) bond motifs is 1. The summed E-state index contributed by atoms with van der Waals surface area (Å²) in [4.78, 5) is 14.1. The molecule has 0 fully saturated rings. The summed E-state index contributed by atoms with van der Waals surface area (Å²) in [6.45, 7) is 4.96. The van der Waals surface area contributed by atoms with Gasteiger partial charge in [-0.2, -0.15) is 0 Å². The molecule has 2 rings (SSSR count). The van der Waals surface area contributed by atoms with E-state index >= 15 is 0 Å². The second-order valence-corrected chi connectivity index (χ2v) is 10.3. The Bertz CT molecular complexity index is 478. The van der Waals surface area contributed by atoms with Gasteiger partial charge in [0.1, 0.15) is 13.9 Å². The lowest BCUT2D eigenvalue weighted by atomic mass is 10.1. The molecule has 5 heteroatoms. The molecule has 0 saturated heterocycles. The fourth-order valence-electron chi connectivity index (χ4n) is 2.53. The highest BCUT2D eigenvalue weighted by Gasteiger charge is 2.39. The fourth-order valence-corrected chi connectivity index (χ4v) is 5.53. The van der Waals surface area contributed by atoms with Crippen molar-refractivity contribution >= 4 is 30.8 Å². The summed E-state index contributed by atoms with van der Waals surface area (Å²) in [5.41, 5.74) is 0.287. The van der Waals surface area contributed by atoms with Crippen LogP contribution in [0.3, 0.4) is 0 Å². The lowest BCUT2D eigenvalue weighted by molar-refractivity contribution is 0.0772. The van der Waals surface area contributed by atoms with Crippen LogP contribution >= 0.6 is 11.6 Å². The molecule has 0 spiro atoms. The molecule has 0 saturated carbocycles. The molecule has 2 nitrogen and oxygen atoms in total. The molecule has 1 heterocycles. The third kappa shape index (κ3) is 2.31. The Morgan fingerprint density at radius 1 is 1.44 bits per heavy atom. The molecule has 1 amide bonds. The molecule has 0 N–H and O–H groups in total. The lowest BCUT2D eigenvalue weighted by Gasteiger charge is -2.38. The van der Waals surface area contributed by atoms with E-state index in [1.165, 1.54) is 6.07 Å². The Labute approximate surface area is 113 Å². The second kappa shape index (κ2) is 5.01. The van der Waals surface area contributed by atoms with Gasteiger partial charge in [0.15, 0.2) is 0 Å². The number of benzene rings is 1. The van der Waals surface area contributed by atoms with E-state index in [4.69, 9.17) is 11.6 Å². The Hall–Kier alpha value is -0.873. The van der Waals surface area contributed by atoms with E-state index in [1.807, 2.05) is 6.07 Å². The van der Waals surface area contributed by atoms with Gasteiger partial charge in [-0.1, -0.05) is 25.2 Å². The summed E-state index contributed by atoms with van der Waals surface area (Å²) in [5.74, 6) is -0.0516. The summed E-state index contributed by atoms with van der Waals surface area (Å²) in [6, 6.07) is 4.97. The Kier molecular flexibility index (Phi) is 3.78. The first-order valence-electron chi connectivity index (χ1n) is 6.11. The molecule has 0 aromatic heterocycles. The zero-order valence-corrected chi connectivity index (χ0v) is 12.4. The first kappa shape index (κ1) is 13.6. The predicted molar refractivity (Wildman–Crippen MR) is 74.8 cm³/mol. The number of alkyl halides is 1. The Morgan fingerprint density at radius 3 is 2.83 bits per heavy atom. The third-order valence-corrected chi connectivity index (χ3v) is 6.71. The van der Waals surface area contributed by atoms with Crippen molar-refractivity contribution in [2.24, 2.45) is 0 Å². The lowest BCUT2D eigenvalue weighted by Crippen LogP contribution is -2.60. The number of hydrogen-bond acceptors (Lipinski definition) is 1. The molecule has 0 bridgehead atoms. The molecular weight excluding hydrogens is 269 g/mol. The minimum atomic E-state index is -1.78. The summed E-state index contributed by atoms with van der Waals surface area (Å²) < 4.78 is 13.9. The summed E-state index contributed by atoms with van der Waals surface area (Å²) in [6.07, 6.45) is 1.50. The second-order valence-electron chi connectivity index (χ2n) is 5.32. The van der Waals surface area contributed by atoms with Crippen molar-refractivity contribution in [3.05, 3.63) is 29.6 Å². The summed E-state index contributed by atoms with van der Waals surface area (Å²) >= 11 is 5.67. The van der Waals surface area contributed by atoms with Gasteiger partial charge in [-0.15, -0.1) is 11.6 Å². The van der Waals surface area contributed by atoms with Gasteiger partial charge in [-0.05, 0) is 17.7 Å². The normalized spacial score (nSPS) is 17.8. The number of hydrogen-bond donors (Lipinski definition) is 0. The molecule has 0 atom stereocenters. The zero-order chi connectivity index (χ0) is 13.3. The molecule has 0 radical (unpaired) electrons. The van der Waals surface area contributed by atoms with Crippen molar-refractivity contribution in [2.75, 3.05) is 18.6 Å². The standard InChI is InChI=1S/C13H17ClFNOSi/c1-18(2)9-16(8-4-7-14)13(17)12-10(15)5-3-6-11(12)18/h3,5-6H,4,7-9H2,1-2H3. The van der Waals surface area contributed by atoms with E-state index in [2.05, 4.69) is 13.1 Å². The maximum absolute atomic E-state index is 13.9. The number of amides is 1. The van der Waals surface area contributed by atoms with Gasteiger partial charge in [0.05, 0.1) is 5.56 Å². The average molecular weight is 286 g/mol. The van der Waals surface area contributed by atoms with Gasteiger partial charge in [0.2, 0.25) is 0 Å². The largest absolute Gasteiger partial charge is 0.341 e. The number of nitrogens with zero attached hydrogens (tertiary/aromatic N) is 1. The minimum absolute atomic E-state index is 0.181. The first-order valence-corrected chi connectivity index (χ1v) is 9.86. The SMILES string of the molecule is C[Si]1(C)CN(CCCCl)C(=O)c2c(F)cccc21. The molecule has 1 aromatic carbocycles. The molecule has 18 heavy (non-hydrogen) atoms. The first-order chi connectivity index (χ1) is 8.47. The van der Waals surface area contributed by atoms with Gasteiger partial charge < -0.3 is 4.90 Å². The summed E-state index contributed by atoms with van der Waals surface area (Å²) in [7, 11) is -1.78. The third-order valence-electron chi connectivity index (χ3n) is 3.39. The highest BCUT2D eigenvalue weighted by atomic mass is 35.5. The molecule has 1 aromatic rings. The maximum atomic E-state index is 13.9. The van der Waals surface area contributed by atoms with Crippen LogP contribution in [0.15, 0.2) is 18.2 Å². The smallest absolute Gasteiger partial charge is 0.256 e. The predicted octanol–water partition coefficient (Wildman–Crippen LogP) is 2.37. The molecular formula is C13H17ClFNOSi. The fraction of sp³-hybridized carbons (Fsp3) is 0.462. The van der Waals surface area contributed by atoms with Crippen molar-refractivity contribution in [3.8, 4) is 0 Å². The molecule has 0 unspecified atom stereocenters. The van der Waals surface area contributed by atoms with Crippen molar-refractivity contribution in [2.45, 2.75) is 19.5 Å². The van der Waals surface area contributed by atoms with Crippen molar-refractivity contribution in [1.29, 1.82) is 0 Å². The average Bonchev–Trinajstić information content (AvgIpc) is 2.32. The topological polar surface area (TPSA) is 20.3 Å². The van der Waals surface area contributed by atoms with E-state index in [-0.39, 0.29) is 11.5 Å². The van der Waals surface area contributed by atoms with Gasteiger partial charge in [-0.3, -0.25) is 4.79 Å². The van der Waals surface area contributed by atoms with Crippen LogP contribution in [-0.4, -0.2) is 37.5 Å². The van der Waals surface area contributed by atoms with Crippen LogP contribution in [0.4, 0.5) is 4.39 Å². The molecule has 98 valence electrons. The van der Waals surface area contributed by atoms with Gasteiger partial charge in [0, 0.05) is 18.6 Å². The number of halogens is 2. The molecule has 0 aliphatic carbocycles. The summed E-state index contributed by atoms with van der Waals surface area (Å²) in [5, 5.41) is 0.939. The van der Waals surface area contributed by atoms with Gasteiger partial charge in [-0.25, -0.2) is 4.39 Å². The van der Waals surface area contributed by atoms with Crippen LogP contribution in [0, 0.1) is 5.82 Å². The molecule has 1 aliphatic heterocycles. The van der Waals surface area contributed by atoms with Crippen LogP contribution in [0.2, 0.25) is 13.1 Å². The van der Waals surface area contributed by atoms with Gasteiger partial charge >= 0.3 is 0 Å². The number of carbonyl (C=O) groups excluding carboxylic acids is 1. The number of carbonyl (C=O) groups is 1. The van der Waals surface area contributed by atoms with Crippen LogP contribution in [0.5, 0.6) is 0 Å². The zero-order valence-electron chi connectivity index (χ0n) is 10.7. The van der Waals surface area contributed by atoms with Crippen LogP contribution in [0.1, 0.15) is 16.8 Å². The highest BCUT2D eigenvalue weighted by Crippen LogP contribution is 2.20. The van der Waals surface area contributed by atoms with E-state index in [9.17, 15) is 9.18 Å². The van der Waals surface area contributed by atoms with Crippen LogP contribution in [-0.2, 0) is 0 Å². The highest BCUT2D eigenvalue weighted by molar-refractivity contribution is 6.91. The number of rotatable bonds is 3. The van der Waals surface area contributed by atoms with Crippen molar-refractivity contribution in [3.63, 3.8) is 0 Å². The quantitative estimate of drug-likeness (QED) is 0.617. The van der Waals surface area contributed by atoms with Crippen LogP contribution < -0.4 is 5.19 Å². The monoisotopic (exact) mass is 285 g/mol. The van der Waals surface area contributed by atoms with E-state index in [1.54, 1.807) is 11.0 Å². The van der Waals surface area contributed by atoms with Crippen LogP contribution in [0.25, 0.3) is 0 Å². The maximum Gasteiger partial charge on any atom is 0.256 e. The van der Waals surface area contributed by atoms with Crippen molar-refractivity contribution in [1.82, 2.24) is 4.90 Å². The van der Waals surface area contributed by atoms with E-state index < -0.39 is 13.9 Å². The van der Waals surface area contributed by atoms with Crippen molar-refractivity contribution < 1.29 is 9.18 Å². The molecule has 1 aliphatic rings. The van der Waals surface area contributed by atoms with E-state index in [0.29, 0.717) is 12.4 Å². The Balaban J connectivity index is 2.43. The Morgan fingerprint density at radius 2 is 2.17 bits per heavy atom.